The van der Waals surface area contributed by atoms with E-state index in [4.69, 9.17) is 16.3 Å². The molecule has 2 aromatic rings. The van der Waals surface area contributed by atoms with Gasteiger partial charge < -0.3 is 9.84 Å². The fraction of sp³-hybridized carbons (Fsp3) is 0.176. The van der Waals surface area contributed by atoms with Crippen LogP contribution in [0.1, 0.15) is 16.7 Å². The van der Waals surface area contributed by atoms with Crippen LogP contribution in [0.15, 0.2) is 39.9 Å². The maximum Gasteiger partial charge on any atom is 0.277 e. The zero-order valence-corrected chi connectivity index (χ0v) is 15.5. The van der Waals surface area contributed by atoms with E-state index in [-0.39, 0.29) is 12.4 Å². The molecule has 0 radical (unpaired) electrons. The first kappa shape index (κ1) is 18.3. The quantitative estimate of drug-likeness (QED) is 0.578. The van der Waals surface area contributed by atoms with Crippen molar-refractivity contribution in [3.8, 4) is 11.5 Å². The molecule has 0 aliphatic rings. The van der Waals surface area contributed by atoms with E-state index in [0.717, 1.165) is 15.6 Å². The molecule has 2 N–H and O–H groups in total. The van der Waals surface area contributed by atoms with Crippen LogP contribution in [-0.4, -0.2) is 23.8 Å². The number of carbonyl (C=O) groups is 1. The average molecular weight is 412 g/mol. The number of carbonyl (C=O) groups excluding carboxylic acids is 1. The second-order valence-electron chi connectivity index (χ2n) is 5.18. The minimum atomic E-state index is -0.417. The van der Waals surface area contributed by atoms with Crippen molar-refractivity contribution in [3.05, 3.63) is 56.5 Å². The largest absolute Gasteiger partial charge is 0.507 e. The Morgan fingerprint density at radius 1 is 1.38 bits per heavy atom. The van der Waals surface area contributed by atoms with Crippen molar-refractivity contribution in [3.63, 3.8) is 0 Å². The number of ether oxygens (including phenoxy) is 1. The van der Waals surface area contributed by atoms with Crippen LogP contribution in [0.4, 0.5) is 0 Å². The molecule has 0 aliphatic carbocycles. The Bertz CT molecular complexity index is 770. The molecule has 24 heavy (non-hydrogen) atoms. The summed E-state index contributed by atoms with van der Waals surface area (Å²) in [6.45, 7) is 3.71. The Hall–Kier alpha value is -2.05. The van der Waals surface area contributed by atoms with Gasteiger partial charge in [0.2, 0.25) is 0 Å². The minimum Gasteiger partial charge on any atom is -0.507 e. The molecular formula is C17H16BrClN2O3. The van der Waals surface area contributed by atoms with E-state index in [1.54, 1.807) is 6.07 Å². The SMILES string of the molecule is Cc1cc(C)c(OCC(=O)N/N=C/c2cc(Cl)ccc2O)c(Br)c1. The number of phenols is 1. The molecule has 0 aliphatic heterocycles. The van der Waals surface area contributed by atoms with Gasteiger partial charge in [-0.3, -0.25) is 4.79 Å². The van der Waals surface area contributed by atoms with Crippen LogP contribution in [0.3, 0.4) is 0 Å². The molecule has 2 aromatic carbocycles. The number of aryl methyl sites for hydroxylation is 2. The molecule has 2 rings (SSSR count). The molecule has 0 saturated heterocycles. The Kier molecular flexibility index (Phi) is 6.23. The van der Waals surface area contributed by atoms with Gasteiger partial charge in [-0.1, -0.05) is 17.7 Å². The highest BCUT2D eigenvalue weighted by Crippen LogP contribution is 2.30. The summed E-state index contributed by atoms with van der Waals surface area (Å²) in [6, 6.07) is 8.43. The third-order valence-electron chi connectivity index (χ3n) is 3.10. The summed E-state index contributed by atoms with van der Waals surface area (Å²) < 4.78 is 6.32. The number of amides is 1. The van der Waals surface area contributed by atoms with Crippen molar-refractivity contribution >= 4 is 39.7 Å². The summed E-state index contributed by atoms with van der Waals surface area (Å²) in [4.78, 5) is 11.8. The highest BCUT2D eigenvalue weighted by atomic mass is 79.9. The number of hydrazone groups is 1. The molecule has 0 heterocycles. The van der Waals surface area contributed by atoms with Gasteiger partial charge in [-0.2, -0.15) is 5.10 Å². The first-order valence-corrected chi connectivity index (χ1v) is 8.24. The molecule has 0 spiro atoms. The smallest absolute Gasteiger partial charge is 0.277 e. The molecule has 0 fully saturated rings. The van der Waals surface area contributed by atoms with E-state index in [2.05, 4.69) is 26.5 Å². The first-order valence-electron chi connectivity index (χ1n) is 7.07. The Morgan fingerprint density at radius 2 is 2.12 bits per heavy atom. The second-order valence-corrected chi connectivity index (χ2v) is 6.47. The molecule has 0 unspecified atom stereocenters. The van der Waals surface area contributed by atoms with E-state index in [1.165, 1.54) is 18.3 Å². The Morgan fingerprint density at radius 3 is 2.83 bits per heavy atom. The summed E-state index contributed by atoms with van der Waals surface area (Å²) in [5, 5.41) is 13.9. The molecule has 0 atom stereocenters. The highest BCUT2D eigenvalue weighted by molar-refractivity contribution is 9.10. The fourth-order valence-corrected chi connectivity index (χ4v) is 3.03. The van der Waals surface area contributed by atoms with Gasteiger partial charge >= 0.3 is 0 Å². The van der Waals surface area contributed by atoms with Gasteiger partial charge in [-0.05, 0) is 65.2 Å². The molecular weight excluding hydrogens is 396 g/mol. The van der Waals surface area contributed by atoms with Crippen molar-refractivity contribution in [2.24, 2.45) is 5.10 Å². The number of rotatable bonds is 5. The zero-order valence-electron chi connectivity index (χ0n) is 13.1. The lowest BCUT2D eigenvalue weighted by Crippen LogP contribution is -2.24. The van der Waals surface area contributed by atoms with E-state index >= 15 is 0 Å². The van der Waals surface area contributed by atoms with E-state index in [1.807, 2.05) is 26.0 Å². The van der Waals surface area contributed by atoms with Crippen molar-refractivity contribution < 1.29 is 14.6 Å². The van der Waals surface area contributed by atoms with Gasteiger partial charge in [0.05, 0.1) is 10.7 Å². The lowest BCUT2D eigenvalue weighted by Gasteiger charge is -2.11. The van der Waals surface area contributed by atoms with Crippen molar-refractivity contribution in [1.82, 2.24) is 5.43 Å². The lowest BCUT2D eigenvalue weighted by atomic mass is 10.1. The summed E-state index contributed by atoms with van der Waals surface area (Å²) in [6.07, 6.45) is 1.31. The number of hydrogen-bond acceptors (Lipinski definition) is 4. The van der Waals surface area contributed by atoms with Crippen molar-refractivity contribution in [1.29, 1.82) is 0 Å². The zero-order chi connectivity index (χ0) is 17.7. The number of halogens is 2. The third-order valence-corrected chi connectivity index (χ3v) is 3.93. The van der Waals surface area contributed by atoms with Gasteiger partial charge in [-0.15, -0.1) is 0 Å². The standard InChI is InChI=1S/C17H16BrClN2O3/c1-10-5-11(2)17(14(18)6-10)24-9-16(23)21-20-8-12-7-13(19)3-4-15(12)22/h3-8,22H,9H2,1-2H3,(H,21,23)/b20-8+. The molecule has 0 aromatic heterocycles. The maximum atomic E-state index is 11.8. The number of benzene rings is 2. The summed E-state index contributed by atoms with van der Waals surface area (Å²) >= 11 is 9.25. The lowest BCUT2D eigenvalue weighted by molar-refractivity contribution is -0.123. The second kappa shape index (κ2) is 8.17. The Labute approximate surface area is 153 Å². The van der Waals surface area contributed by atoms with Crippen molar-refractivity contribution in [2.45, 2.75) is 13.8 Å². The average Bonchev–Trinajstić information content (AvgIpc) is 2.49. The topological polar surface area (TPSA) is 70.9 Å². The predicted octanol–water partition coefficient (Wildman–Crippen LogP) is 3.95. The monoisotopic (exact) mass is 410 g/mol. The molecule has 126 valence electrons. The maximum absolute atomic E-state index is 11.8. The van der Waals surface area contributed by atoms with Crippen molar-refractivity contribution in [2.75, 3.05) is 6.61 Å². The molecule has 1 amide bonds. The van der Waals surface area contributed by atoms with Crippen LogP contribution in [0.2, 0.25) is 5.02 Å². The number of phenolic OH excluding ortho intramolecular Hbond substituents is 1. The number of aromatic hydroxyl groups is 1. The minimum absolute atomic E-state index is 0.0212. The van der Waals surface area contributed by atoms with Gasteiger partial charge in [0, 0.05) is 10.6 Å². The first-order chi connectivity index (χ1) is 11.4. The summed E-state index contributed by atoms with van der Waals surface area (Å²) in [5.41, 5.74) is 4.77. The predicted molar refractivity (Wildman–Crippen MR) is 98.0 cm³/mol. The normalized spacial score (nSPS) is 10.8. The summed E-state index contributed by atoms with van der Waals surface area (Å²) in [7, 11) is 0. The fourth-order valence-electron chi connectivity index (χ4n) is 2.06. The molecule has 5 nitrogen and oxygen atoms in total. The van der Waals surface area contributed by atoms with Gasteiger partial charge in [-0.25, -0.2) is 5.43 Å². The van der Waals surface area contributed by atoms with E-state index in [0.29, 0.717) is 16.3 Å². The van der Waals surface area contributed by atoms with Gasteiger partial charge in [0.25, 0.3) is 5.91 Å². The van der Waals surface area contributed by atoms with Gasteiger partial charge in [0.15, 0.2) is 6.61 Å². The third kappa shape index (κ3) is 4.97. The molecule has 0 bridgehead atoms. The van der Waals surface area contributed by atoms with Crippen LogP contribution >= 0.6 is 27.5 Å². The van der Waals surface area contributed by atoms with Crippen LogP contribution in [-0.2, 0) is 4.79 Å². The molecule has 0 saturated carbocycles. The van der Waals surface area contributed by atoms with Crippen LogP contribution < -0.4 is 10.2 Å². The molecule has 7 heteroatoms. The van der Waals surface area contributed by atoms with Crippen LogP contribution in [0, 0.1) is 13.8 Å². The van der Waals surface area contributed by atoms with E-state index < -0.39 is 5.91 Å². The van der Waals surface area contributed by atoms with Crippen LogP contribution in [0.25, 0.3) is 0 Å². The van der Waals surface area contributed by atoms with Gasteiger partial charge in [0.1, 0.15) is 11.5 Å². The summed E-state index contributed by atoms with van der Waals surface area (Å²) in [5.74, 6) is 0.222. The van der Waals surface area contributed by atoms with Crippen LogP contribution in [0.5, 0.6) is 11.5 Å². The highest BCUT2D eigenvalue weighted by Gasteiger charge is 2.09. The number of nitrogens with zero attached hydrogens (tertiary/aromatic N) is 1. The van der Waals surface area contributed by atoms with E-state index in [9.17, 15) is 9.90 Å². The number of hydrogen-bond donors (Lipinski definition) is 2. The Balaban J connectivity index is 1.92. The number of nitrogens with one attached hydrogen (secondary N) is 1.